The molecular formula is C19H22N4O3S2. The molecule has 1 heterocycles. The summed E-state index contributed by atoms with van der Waals surface area (Å²) in [4.78, 5) is 6.57. The second-order valence-electron chi connectivity index (χ2n) is 5.97. The van der Waals surface area contributed by atoms with E-state index < -0.39 is 10.0 Å². The second kappa shape index (κ2) is 9.13. The van der Waals surface area contributed by atoms with Crippen molar-refractivity contribution < 1.29 is 13.2 Å². The average molecular weight is 419 g/mol. The molecule has 1 N–H and O–H groups in total. The molecule has 7 nitrogen and oxygen atoms in total. The predicted octanol–water partition coefficient (Wildman–Crippen LogP) is 3.97. The SMILES string of the molecule is CCN(CC)Cc1nsc(NS(=O)(=O)c2ccc(Oc3ccccc3)cc2)n1. The van der Waals surface area contributed by atoms with Gasteiger partial charge in [-0.15, -0.1) is 0 Å². The molecule has 1 aromatic heterocycles. The molecule has 28 heavy (non-hydrogen) atoms. The zero-order chi connectivity index (χ0) is 20.0. The Morgan fingerprint density at radius 3 is 2.29 bits per heavy atom. The van der Waals surface area contributed by atoms with E-state index in [0.29, 0.717) is 23.9 Å². The van der Waals surface area contributed by atoms with Gasteiger partial charge in [-0.3, -0.25) is 9.62 Å². The maximum absolute atomic E-state index is 12.6. The quantitative estimate of drug-likeness (QED) is 0.566. The number of ether oxygens (including phenoxy) is 1. The fourth-order valence-electron chi connectivity index (χ4n) is 2.49. The first-order valence-corrected chi connectivity index (χ1v) is 11.2. The highest BCUT2D eigenvalue weighted by Gasteiger charge is 2.17. The summed E-state index contributed by atoms with van der Waals surface area (Å²) in [5.41, 5.74) is 0. The van der Waals surface area contributed by atoms with Crippen LogP contribution in [0.15, 0.2) is 59.5 Å². The van der Waals surface area contributed by atoms with E-state index in [1.54, 1.807) is 12.1 Å². The van der Waals surface area contributed by atoms with E-state index in [1.165, 1.54) is 12.1 Å². The van der Waals surface area contributed by atoms with Gasteiger partial charge in [-0.2, -0.15) is 4.37 Å². The van der Waals surface area contributed by atoms with Crippen molar-refractivity contribution in [2.45, 2.75) is 25.3 Å². The summed E-state index contributed by atoms with van der Waals surface area (Å²) >= 11 is 1.04. The number of sulfonamides is 1. The molecule has 0 spiro atoms. The van der Waals surface area contributed by atoms with Crippen molar-refractivity contribution in [2.24, 2.45) is 0 Å². The van der Waals surface area contributed by atoms with Crippen LogP contribution in [0, 0.1) is 0 Å². The van der Waals surface area contributed by atoms with Crippen LogP contribution in [-0.4, -0.2) is 35.8 Å². The smallest absolute Gasteiger partial charge is 0.263 e. The Hall–Kier alpha value is -2.49. The minimum atomic E-state index is -3.74. The molecule has 0 amide bonds. The van der Waals surface area contributed by atoms with Gasteiger partial charge in [-0.1, -0.05) is 32.0 Å². The number of hydrogen-bond donors (Lipinski definition) is 1. The largest absolute Gasteiger partial charge is 0.457 e. The molecule has 9 heteroatoms. The molecule has 0 aliphatic carbocycles. The van der Waals surface area contributed by atoms with Gasteiger partial charge in [0.05, 0.1) is 11.4 Å². The highest BCUT2D eigenvalue weighted by Crippen LogP contribution is 2.24. The zero-order valence-electron chi connectivity index (χ0n) is 15.7. The van der Waals surface area contributed by atoms with Crippen molar-refractivity contribution >= 4 is 26.7 Å². The molecule has 0 aliphatic heterocycles. The third kappa shape index (κ3) is 5.28. The monoisotopic (exact) mass is 418 g/mol. The summed E-state index contributed by atoms with van der Waals surface area (Å²) in [6, 6.07) is 15.5. The van der Waals surface area contributed by atoms with E-state index in [-0.39, 0.29) is 10.0 Å². The summed E-state index contributed by atoms with van der Waals surface area (Å²) in [5.74, 6) is 1.85. The predicted molar refractivity (Wildman–Crippen MR) is 110 cm³/mol. The Morgan fingerprint density at radius 2 is 1.64 bits per heavy atom. The van der Waals surface area contributed by atoms with E-state index in [9.17, 15) is 8.42 Å². The molecule has 148 valence electrons. The van der Waals surface area contributed by atoms with Crippen molar-refractivity contribution in [1.82, 2.24) is 14.3 Å². The number of nitrogens with zero attached hydrogens (tertiary/aromatic N) is 3. The van der Waals surface area contributed by atoms with Gasteiger partial charge in [-0.25, -0.2) is 13.4 Å². The lowest BCUT2D eigenvalue weighted by atomic mass is 10.3. The second-order valence-corrected chi connectivity index (χ2v) is 8.40. The van der Waals surface area contributed by atoms with Crippen LogP contribution in [0.3, 0.4) is 0 Å². The topological polar surface area (TPSA) is 84.4 Å². The molecule has 0 bridgehead atoms. The number of aromatic nitrogens is 2. The lowest BCUT2D eigenvalue weighted by molar-refractivity contribution is 0.289. The lowest BCUT2D eigenvalue weighted by Gasteiger charge is -2.15. The summed E-state index contributed by atoms with van der Waals surface area (Å²) in [7, 11) is -3.74. The standard InChI is InChI=1S/C19H22N4O3S2/c1-3-23(4-2)14-18-20-19(27-21-18)22-28(24,25)17-12-10-16(11-13-17)26-15-8-6-5-7-9-15/h5-13H,3-4,14H2,1-2H3,(H,20,21,22). The Morgan fingerprint density at radius 1 is 1.00 bits per heavy atom. The van der Waals surface area contributed by atoms with Gasteiger partial charge in [-0.05, 0) is 49.5 Å². The van der Waals surface area contributed by atoms with Crippen molar-refractivity contribution in [3.05, 3.63) is 60.4 Å². The van der Waals surface area contributed by atoms with Crippen LogP contribution in [0.2, 0.25) is 0 Å². The van der Waals surface area contributed by atoms with Crippen LogP contribution in [-0.2, 0) is 16.6 Å². The molecular weight excluding hydrogens is 396 g/mol. The molecule has 0 radical (unpaired) electrons. The van der Waals surface area contributed by atoms with Crippen LogP contribution in [0.4, 0.5) is 5.13 Å². The molecule has 3 aromatic rings. The lowest BCUT2D eigenvalue weighted by Crippen LogP contribution is -2.22. The maximum Gasteiger partial charge on any atom is 0.263 e. The summed E-state index contributed by atoms with van der Waals surface area (Å²) in [6.45, 7) is 6.48. The van der Waals surface area contributed by atoms with Crippen molar-refractivity contribution in [1.29, 1.82) is 0 Å². The Bertz CT molecular complexity index is 986. The van der Waals surface area contributed by atoms with Crippen molar-refractivity contribution in [2.75, 3.05) is 17.8 Å². The van der Waals surface area contributed by atoms with E-state index >= 15 is 0 Å². The third-order valence-electron chi connectivity index (χ3n) is 4.06. The minimum Gasteiger partial charge on any atom is -0.457 e. The first-order valence-electron chi connectivity index (χ1n) is 8.91. The highest BCUT2D eigenvalue weighted by molar-refractivity contribution is 7.93. The number of nitrogens with one attached hydrogen (secondary N) is 1. The van der Waals surface area contributed by atoms with Gasteiger partial charge < -0.3 is 4.74 Å². The van der Waals surface area contributed by atoms with Crippen LogP contribution in [0.25, 0.3) is 0 Å². The molecule has 3 rings (SSSR count). The molecule has 2 aromatic carbocycles. The van der Waals surface area contributed by atoms with E-state index in [4.69, 9.17) is 4.74 Å². The number of benzene rings is 2. The van der Waals surface area contributed by atoms with E-state index in [1.807, 2.05) is 30.3 Å². The van der Waals surface area contributed by atoms with Gasteiger partial charge in [0.15, 0.2) is 5.82 Å². The zero-order valence-corrected chi connectivity index (χ0v) is 17.3. The Labute approximate surface area is 169 Å². The molecule has 0 saturated heterocycles. The van der Waals surface area contributed by atoms with Crippen molar-refractivity contribution in [3.63, 3.8) is 0 Å². The van der Waals surface area contributed by atoms with Gasteiger partial charge in [0.1, 0.15) is 11.5 Å². The summed E-state index contributed by atoms with van der Waals surface area (Å²) in [6.07, 6.45) is 0. The normalized spacial score (nSPS) is 11.5. The van der Waals surface area contributed by atoms with Gasteiger partial charge in [0.25, 0.3) is 10.0 Å². The van der Waals surface area contributed by atoms with E-state index in [2.05, 4.69) is 32.8 Å². The van der Waals surface area contributed by atoms with Crippen LogP contribution < -0.4 is 9.46 Å². The molecule has 0 fully saturated rings. The number of anilines is 1. The average Bonchev–Trinajstić information content (AvgIpc) is 3.13. The highest BCUT2D eigenvalue weighted by atomic mass is 32.2. The fraction of sp³-hybridized carbons (Fsp3) is 0.263. The van der Waals surface area contributed by atoms with Gasteiger partial charge >= 0.3 is 0 Å². The molecule has 0 saturated carbocycles. The molecule has 0 aliphatic rings. The number of rotatable bonds is 9. The maximum atomic E-state index is 12.6. The van der Waals surface area contributed by atoms with Crippen LogP contribution in [0.5, 0.6) is 11.5 Å². The molecule has 0 unspecified atom stereocenters. The summed E-state index contributed by atoms with van der Waals surface area (Å²) in [5, 5.41) is 0.256. The van der Waals surface area contributed by atoms with Gasteiger partial charge in [0.2, 0.25) is 5.13 Å². The van der Waals surface area contributed by atoms with Crippen molar-refractivity contribution in [3.8, 4) is 11.5 Å². The first-order chi connectivity index (χ1) is 13.5. The van der Waals surface area contributed by atoms with Gasteiger partial charge in [0, 0.05) is 11.5 Å². The Balaban J connectivity index is 1.67. The number of para-hydroxylation sites is 1. The van der Waals surface area contributed by atoms with Crippen LogP contribution in [0.1, 0.15) is 19.7 Å². The van der Waals surface area contributed by atoms with E-state index in [0.717, 1.165) is 24.6 Å². The third-order valence-corrected chi connectivity index (χ3v) is 6.21. The molecule has 0 atom stereocenters. The fourth-order valence-corrected chi connectivity index (χ4v) is 4.29. The van der Waals surface area contributed by atoms with Crippen LogP contribution >= 0.6 is 11.5 Å². The first kappa shape index (κ1) is 20.2. The minimum absolute atomic E-state index is 0.133. The number of hydrogen-bond acceptors (Lipinski definition) is 7. The summed E-state index contributed by atoms with van der Waals surface area (Å²) < 4.78 is 37.6. The Kier molecular flexibility index (Phi) is 6.61.